The van der Waals surface area contributed by atoms with Gasteiger partial charge in [-0.1, -0.05) is 36.4 Å². The van der Waals surface area contributed by atoms with Gasteiger partial charge in [0.1, 0.15) is 22.9 Å². The lowest BCUT2D eigenvalue weighted by atomic mass is 10.2. The number of hydrogen-bond acceptors (Lipinski definition) is 4. The van der Waals surface area contributed by atoms with Gasteiger partial charge in [-0.2, -0.15) is 0 Å². The Balaban J connectivity index is 1.62. The van der Waals surface area contributed by atoms with Crippen LogP contribution in [-0.2, 0) is 9.53 Å². The molecular formula is C21H16FNO4. The van der Waals surface area contributed by atoms with Crippen LogP contribution in [0.3, 0.4) is 0 Å². The van der Waals surface area contributed by atoms with E-state index in [9.17, 15) is 14.0 Å². The number of anilines is 1. The number of benzene rings is 3. The first-order valence-electron chi connectivity index (χ1n) is 8.16. The second-order valence-corrected chi connectivity index (χ2v) is 5.55. The van der Waals surface area contributed by atoms with Gasteiger partial charge >= 0.3 is 5.97 Å². The smallest absolute Gasteiger partial charge is 0.342 e. The summed E-state index contributed by atoms with van der Waals surface area (Å²) >= 11 is 0. The molecule has 0 aromatic heterocycles. The van der Waals surface area contributed by atoms with Crippen LogP contribution in [0.25, 0.3) is 0 Å². The first-order chi connectivity index (χ1) is 13.1. The van der Waals surface area contributed by atoms with E-state index in [-0.39, 0.29) is 11.3 Å². The molecule has 0 aliphatic heterocycles. The molecule has 0 aliphatic carbocycles. The van der Waals surface area contributed by atoms with Crippen molar-refractivity contribution in [1.29, 1.82) is 0 Å². The minimum atomic E-state index is -0.698. The van der Waals surface area contributed by atoms with Crippen LogP contribution in [-0.4, -0.2) is 18.5 Å². The fourth-order valence-electron chi connectivity index (χ4n) is 2.31. The van der Waals surface area contributed by atoms with E-state index in [4.69, 9.17) is 9.47 Å². The first kappa shape index (κ1) is 18.1. The lowest BCUT2D eigenvalue weighted by Gasteiger charge is -2.11. The van der Waals surface area contributed by atoms with Crippen LogP contribution >= 0.6 is 0 Å². The molecule has 0 radical (unpaired) electrons. The van der Waals surface area contributed by atoms with Gasteiger partial charge in [-0.3, -0.25) is 4.79 Å². The van der Waals surface area contributed by atoms with E-state index < -0.39 is 24.3 Å². The van der Waals surface area contributed by atoms with Crippen LogP contribution < -0.4 is 10.1 Å². The molecule has 0 saturated carbocycles. The van der Waals surface area contributed by atoms with E-state index in [1.165, 1.54) is 24.3 Å². The molecule has 0 fully saturated rings. The van der Waals surface area contributed by atoms with Gasteiger partial charge in [0.15, 0.2) is 6.61 Å². The number of halogens is 1. The standard InChI is InChI=1S/C21H16FNO4/c22-15-7-6-8-16(13-15)23-20(24)14-26-21(25)18-11-4-5-12-19(18)27-17-9-2-1-3-10-17/h1-13H,14H2,(H,23,24). The third kappa shape index (κ3) is 5.15. The van der Waals surface area contributed by atoms with Gasteiger partial charge in [0.25, 0.3) is 5.91 Å². The molecule has 0 atom stereocenters. The molecule has 6 heteroatoms. The summed E-state index contributed by atoms with van der Waals surface area (Å²) in [5.41, 5.74) is 0.476. The number of ether oxygens (including phenoxy) is 2. The predicted octanol–water partition coefficient (Wildman–Crippen LogP) is 4.41. The molecule has 0 saturated heterocycles. The molecule has 0 bridgehead atoms. The lowest BCUT2D eigenvalue weighted by Crippen LogP contribution is -2.21. The summed E-state index contributed by atoms with van der Waals surface area (Å²) < 4.78 is 23.9. The molecule has 0 aliphatic rings. The van der Waals surface area contributed by atoms with Crippen LogP contribution in [0.4, 0.5) is 10.1 Å². The Labute approximate surface area is 155 Å². The quantitative estimate of drug-likeness (QED) is 0.657. The lowest BCUT2D eigenvalue weighted by molar-refractivity contribution is -0.119. The van der Waals surface area contributed by atoms with Gasteiger partial charge in [-0.05, 0) is 42.5 Å². The summed E-state index contributed by atoms with van der Waals surface area (Å²) in [6.07, 6.45) is 0. The Morgan fingerprint density at radius 2 is 1.63 bits per heavy atom. The molecule has 27 heavy (non-hydrogen) atoms. The van der Waals surface area contributed by atoms with Crippen LogP contribution in [0, 0.1) is 5.82 Å². The largest absolute Gasteiger partial charge is 0.456 e. The zero-order valence-electron chi connectivity index (χ0n) is 14.2. The highest BCUT2D eigenvalue weighted by Gasteiger charge is 2.16. The van der Waals surface area contributed by atoms with Crippen LogP contribution in [0.5, 0.6) is 11.5 Å². The second kappa shape index (κ2) is 8.62. The predicted molar refractivity (Wildman–Crippen MR) is 98.3 cm³/mol. The Morgan fingerprint density at radius 1 is 0.889 bits per heavy atom. The topological polar surface area (TPSA) is 64.6 Å². The summed E-state index contributed by atoms with van der Waals surface area (Å²) in [7, 11) is 0. The van der Waals surface area contributed by atoms with E-state index >= 15 is 0 Å². The molecule has 1 N–H and O–H groups in total. The molecule has 3 aromatic rings. The number of carbonyl (C=O) groups is 2. The molecule has 0 heterocycles. The van der Waals surface area contributed by atoms with E-state index in [1.807, 2.05) is 18.2 Å². The normalized spacial score (nSPS) is 10.1. The highest BCUT2D eigenvalue weighted by atomic mass is 19.1. The Morgan fingerprint density at radius 3 is 2.41 bits per heavy atom. The number of hydrogen-bond donors (Lipinski definition) is 1. The van der Waals surface area contributed by atoms with Gasteiger partial charge in [0, 0.05) is 5.69 Å². The van der Waals surface area contributed by atoms with E-state index in [0.29, 0.717) is 11.5 Å². The summed E-state index contributed by atoms with van der Waals surface area (Å²) in [5, 5.41) is 2.46. The summed E-state index contributed by atoms with van der Waals surface area (Å²) in [6, 6.07) is 21.0. The minimum absolute atomic E-state index is 0.194. The molecule has 0 unspecified atom stereocenters. The van der Waals surface area contributed by atoms with Crippen LogP contribution in [0.1, 0.15) is 10.4 Å². The average molecular weight is 365 g/mol. The number of para-hydroxylation sites is 2. The molecule has 5 nitrogen and oxygen atoms in total. The van der Waals surface area contributed by atoms with Crippen molar-refractivity contribution in [2.75, 3.05) is 11.9 Å². The SMILES string of the molecule is O=C(COC(=O)c1ccccc1Oc1ccccc1)Nc1cccc(F)c1. The maximum atomic E-state index is 13.1. The maximum Gasteiger partial charge on any atom is 0.342 e. The van der Waals surface area contributed by atoms with Crippen molar-refractivity contribution in [2.24, 2.45) is 0 Å². The average Bonchev–Trinajstić information content (AvgIpc) is 2.67. The Kier molecular flexibility index (Phi) is 5.79. The van der Waals surface area contributed by atoms with Crippen molar-refractivity contribution in [2.45, 2.75) is 0 Å². The molecule has 1 amide bonds. The van der Waals surface area contributed by atoms with Crippen molar-refractivity contribution in [3.05, 3.63) is 90.2 Å². The van der Waals surface area contributed by atoms with Crippen LogP contribution in [0.15, 0.2) is 78.9 Å². The third-order valence-corrected chi connectivity index (χ3v) is 3.52. The van der Waals surface area contributed by atoms with Gasteiger partial charge in [-0.25, -0.2) is 9.18 Å². The zero-order valence-corrected chi connectivity index (χ0v) is 14.2. The van der Waals surface area contributed by atoms with E-state index in [0.717, 1.165) is 0 Å². The van der Waals surface area contributed by atoms with Crippen molar-refractivity contribution in [3.63, 3.8) is 0 Å². The highest BCUT2D eigenvalue weighted by molar-refractivity contribution is 5.96. The van der Waals surface area contributed by atoms with Crippen molar-refractivity contribution >= 4 is 17.6 Å². The number of amides is 1. The fraction of sp³-hybridized carbons (Fsp3) is 0.0476. The summed E-state index contributed by atoms with van der Waals surface area (Å²) in [4.78, 5) is 24.2. The fourth-order valence-corrected chi connectivity index (χ4v) is 2.31. The first-order valence-corrected chi connectivity index (χ1v) is 8.16. The van der Waals surface area contributed by atoms with Gasteiger partial charge in [0.2, 0.25) is 0 Å². The van der Waals surface area contributed by atoms with Gasteiger partial charge < -0.3 is 14.8 Å². The number of nitrogens with one attached hydrogen (secondary N) is 1. The Hall–Kier alpha value is -3.67. The van der Waals surface area contributed by atoms with E-state index in [2.05, 4.69) is 5.32 Å². The number of rotatable bonds is 6. The van der Waals surface area contributed by atoms with Crippen molar-refractivity contribution < 1.29 is 23.5 Å². The highest BCUT2D eigenvalue weighted by Crippen LogP contribution is 2.25. The number of carbonyl (C=O) groups excluding carboxylic acids is 2. The number of esters is 1. The molecule has 3 rings (SSSR count). The molecule has 136 valence electrons. The molecule has 0 spiro atoms. The van der Waals surface area contributed by atoms with Crippen LogP contribution in [0.2, 0.25) is 0 Å². The van der Waals surface area contributed by atoms with Gasteiger partial charge in [0.05, 0.1) is 0 Å². The van der Waals surface area contributed by atoms with E-state index in [1.54, 1.807) is 36.4 Å². The summed E-state index contributed by atoms with van der Waals surface area (Å²) in [5.74, 6) is -0.857. The zero-order chi connectivity index (χ0) is 19.1. The Bertz CT molecular complexity index is 944. The third-order valence-electron chi connectivity index (χ3n) is 3.52. The van der Waals surface area contributed by atoms with Gasteiger partial charge in [-0.15, -0.1) is 0 Å². The second-order valence-electron chi connectivity index (χ2n) is 5.55. The minimum Gasteiger partial charge on any atom is -0.456 e. The van der Waals surface area contributed by atoms with Crippen molar-refractivity contribution in [1.82, 2.24) is 0 Å². The molecular weight excluding hydrogens is 349 g/mol. The summed E-state index contributed by atoms with van der Waals surface area (Å²) in [6.45, 7) is -0.505. The monoisotopic (exact) mass is 365 g/mol. The maximum absolute atomic E-state index is 13.1. The molecule has 3 aromatic carbocycles. The van der Waals surface area contributed by atoms with Crippen molar-refractivity contribution in [3.8, 4) is 11.5 Å².